The highest BCUT2D eigenvalue weighted by atomic mass is 15.0. The van der Waals surface area contributed by atoms with E-state index in [0.717, 1.165) is 27.5 Å². The van der Waals surface area contributed by atoms with Gasteiger partial charge in [0.2, 0.25) is 0 Å². The van der Waals surface area contributed by atoms with Crippen LogP contribution in [0.15, 0.2) is 176 Å². The molecule has 258 valence electrons. The van der Waals surface area contributed by atoms with E-state index in [4.69, 9.17) is 15.0 Å². The van der Waals surface area contributed by atoms with Crippen LogP contribution in [0.4, 0.5) is 0 Å². The van der Waals surface area contributed by atoms with Crippen molar-refractivity contribution in [1.29, 1.82) is 0 Å². The van der Waals surface area contributed by atoms with Crippen LogP contribution in [0, 0.1) is 0 Å². The SMILES string of the molecule is CC1(C)c2ccccc2-c2cccc(-c3ccc(-c4nc(-c5ccc6c(ccc7ccccc76)c5)nc(-c5ccc6c(ccc7ccccc76)c5)n4)cc3)c21. The summed E-state index contributed by atoms with van der Waals surface area (Å²) < 4.78 is 0. The van der Waals surface area contributed by atoms with Crippen molar-refractivity contribution in [3.8, 4) is 56.4 Å². The molecule has 3 nitrogen and oxygen atoms in total. The molecule has 11 rings (SSSR count). The van der Waals surface area contributed by atoms with Gasteiger partial charge in [0.15, 0.2) is 17.5 Å². The molecule has 55 heavy (non-hydrogen) atoms. The summed E-state index contributed by atoms with van der Waals surface area (Å²) in [5.41, 5.74) is 10.6. The lowest BCUT2D eigenvalue weighted by molar-refractivity contribution is 0.662. The van der Waals surface area contributed by atoms with E-state index in [1.807, 2.05) is 0 Å². The molecule has 1 heterocycles. The molecule has 1 aromatic heterocycles. The maximum absolute atomic E-state index is 5.16. The molecule has 0 N–H and O–H groups in total. The molecule has 3 heteroatoms. The van der Waals surface area contributed by atoms with Gasteiger partial charge in [0, 0.05) is 22.1 Å². The summed E-state index contributed by atoms with van der Waals surface area (Å²) in [5, 5.41) is 9.68. The molecule has 1 aliphatic rings. The van der Waals surface area contributed by atoms with Crippen molar-refractivity contribution in [2.75, 3.05) is 0 Å². The number of benzene rings is 9. The second-order valence-corrected chi connectivity index (χ2v) is 15.2. The number of hydrogen-bond acceptors (Lipinski definition) is 3. The minimum absolute atomic E-state index is 0.0997. The van der Waals surface area contributed by atoms with Gasteiger partial charge in [-0.25, -0.2) is 15.0 Å². The van der Waals surface area contributed by atoms with Crippen LogP contribution in [0.2, 0.25) is 0 Å². The van der Waals surface area contributed by atoms with Crippen LogP contribution in [-0.4, -0.2) is 15.0 Å². The molecule has 10 aromatic rings. The lowest BCUT2D eigenvalue weighted by Gasteiger charge is -2.24. The third-order valence-electron chi connectivity index (χ3n) is 11.7. The van der Waals surface area contributed by atoms with Gasteiger partial charge in [-0.15, -0.1) is 0 Å². The van der Waals surface area contributed by atoms with Crippen LogP contribution in [0.3, 0.4) is 0 Å². The van der Waals surface area contributed by atoms with E-state index in [0.29, 0.717) is 17.5 Å². The highest BCUT2D eigenvalue weighted by Crippen LogP contribution is 2.52. The van der Waals surface area contributed by atoms with Gasteiger partial charge >= 0.3 is 0 Å². The van der Waals surface area contributed by atoms with Gasteiger partial charge in [0.1, 0.15) is 0 Å². The smallest absolute Gasteiger partial charge is 0.164 e. The number of rotatable bonds is 4. The second kappa shape index (κ2) is 12.0. The molecule has 0 saturated heterocycles. The molecule has 0 aliphatic heterocycles. The molecule has 1 aliphatic carbocycles. The third kappa shape index (κ3) is 5.01. The van der Waals surface area contributed by atoms with Crippen molar-refractivity contribution in [1.82, 2.24) is 15.0 Å². The van der Waals surface area contributed by atoms with E-state index in [1.165, 1.54) is 65.7 Å². The molecule has 0 radical (unpaired) electrons. The van der Waals surface area contributed by atoms with E-state index >= 15 is 0 Å². The Bertz CT molecular complexity index is 3040. The fourth-order valence-corrected chi connectivity index (χ4v) is 8.95. The highest BCUT2D eigenvalue weighted by molar-refractivity contribution is 6.09. The van der Waals surface area contributed by atoms with Crippen LogP contribution < -0.4 is 0 Å². The maximum atomic E-state index is 5.16. The zero-order valence-corrected chi connectivity index (χ0v) is 30.6. The summed E-state index contributed by atoms with van der Waals surface area (Å²) in [6, 6.07) is 63.2. The molecule has 0 atom stereocenters. The molecule has 0 fully saturated rings. The Hall–Kier alpha value is -6.97. The molecule has 0 bridgehead atoms. The summed E-state index contributed by atoms with van der Waals surface area (Å²) >= 11 is 0. The minimum Gasteiger partial charge on any atom is -0.208 e. The molecule has 0 unspecified atom stereocenters. The highest BCUT2D eigenvalue weighted by Gasteiger charge is 2.37. The van der Waals surface area contributed by atoms with E-state index in [9.17, 15) is 0 Å². The first-order valence-electron chi connectivity index (χ1n) is 18.9. The van der Waals surface area contributed by atoms with Crippen LogP contribution in [0.25, 0.3) is 99.5 Å². The molecule has 9 aromatic carbocycles. The van der Waals surface area contributed by atoms with Crippen LogP contribution in [-0.2, 0) is 5.41 Å². The molecule has 0 saturated carbocycles. The topological polar surface area (TPSA) is 38.7 Å². The fraction of sp³-hybridized carbons (Fsp3) is 0.0577. The van der Waals surface area contributed by atoms with Crippen LogP contribution in [0.1, 0.15) is 25.0 Å². The van der Waals surface area contributed by atoms with Gasteiger partial charge in [-0.1, -0.05) is 178 Å². The molecular weight excluding hydrogens is 667 g/mol. The summed E-state index contributed by atoms with van der Waals surface area (Å²) in [4.78, 5) is 15.5. The maximum Gasteiger partial charge on any atom is 0.164 e. The largest absolute Gasteiger partial charge is 0.208 e. The van der Waals surface area contributed by atoms with E-state index in [2.05, 4.69) is 190 Å². The fourth-order valence-electron chi connectivity index (χ4n) is 8.95. The van der Waals surface area contributed by atoms with Crippen molar-refractivity contribution in [2.45, 2.75) is 19.3 Å². The van der Waals surface area contributed by atoms with Crippen molar-refractivity contribution >= 4 is 43.1 Å². The lowest BCUT2D eigenvalue weighted by atomic mass is 9.79. The van der Waals surface area contributed by atoms with Crippen molar-refractivity contribution < 1.29 is 0 Å². The number of nitrogens with zero attached hydrogens (tertiary/aromatic N) is 3. The zero-order valence-electron chi connectivity index (χ0n) is 30.6. The van der Waals surface area contributed by atoms with E-state index < -0.39 is 0 Å². The Kier molecular flexibility index (Phi) is 6.90. The normalized spacial score (nSPS) is 13.1. The van der Waals surface area contributed by atoms with Gasteiger partial charge < -0.3 is 0 Å². The van der Waals surface area contributed by atoms with Gasteiger partial charge in [-0.3, -0.25) is 0 Å². The minimum atomic E-state index is -0.0997. The molecule has 0 amide bonds. The summed E-state index contributed by atoms with van der Waals surface area (Å²) in [6.07, 6.45) is 0. The van der Waals surface area contributed by atoms with Crippen molar-refractivity contribution in [2.24, 2.45) is 0 Å². The van der Waals surface area contributed by atoms with Gasteiger partial charge in [-0.05, 0) is 88.6 Å². The first-order chi connectivity index (χ1) is 27.0. The van der Waals surface area contributed by atoms with Gasteiger partial charge in [0.25, 0.3) is 0 Å². The van der Waals surface area contributed by atoms with Crippen molar-refractivity contribution in [3.63, 3.8) is 0 Å². The zero-order chi connectivity index (χ0) is 36.7. The second-order valence-electron chi connectivity index (χ2n) is 15.2. The first-order valence-corrected chi connectivity index (χ1v) is 18.9. The third-order valence-corrected chi connectivity index (χ3v) is 11.7. The predicted octanol–water partition coefficient (Wildman–Crippen LogP) is 13.5. The summed E-state index contributed by atoms with van der Waals surface area (Å²) in [6.45, 7) is 4.68. The lowest BCUT2D eigenvalue weighted by Crippen LogP contribution is -2.16. The Balaban J connectivity index is 1.05. The van der Waals surface area contributed by atoms with Crippen LogP contribution in [0.5, 0.6) is 0 Å². The van der Waals surface area contributed by atoms with E-state index in [-0.39, 0.29) is 5.41 Å². The number of hydrogen-bond donors (Lipinski definition) is 0. The predicted molar refractivity (Wildman–Crippen MR) is 229 cm³/mol. The summed E-state index contributed by atoms with van der Waals surface area (Å²) in [5.74, 6) is 1.95. The number of aromatic nitrogens is 3. The standard InChI is InChI=1S/C52H35N3/c1-52(2)47-17-8-7-14-45(47)46-16-9-15-44(48(46)52)34-18-22-35(23-19-34)49-53-50(38-26-28-42-36(30-38)24-20-32-10-3-5-12-40(32)42)55-51(54-49)39-27-29-43-37(31-39)25-21-33-11-4-6-13-41(33)43/h3-31H,1-2H3. The monoisotopic (exact) mass is 701 g/mol. The van der Waals surface area contributed by atoms with Gasteiger partial charge in [0.05, 0.1) is 0 Å². The van der Waals surface area contributed by atoms with Gasteiger partial charge in [-0.2, -0.15) is 0 Å². The Morgan fingerprint density at radius 1 is 0.327 bits per heavy atom. The average Bonchev–Trinajstić information content (AvgIpc) is 3.49. The molecule has 0 spiro atoms. The Morgan fingerprint density at radius 3 is 1.38 bits per heavy atom. The Morgan fingerprint density at radius 2 is 0.764 bits per heavy atom. The first kappa shape index (κ1) is 31.5. The van der Waals surface area contributed by atoms with E-state index in [1.54, 1.807) is 0 Å². The summed E-state index contributed by atoms with van der Waals surface area (Å²) in [7, 11) is 0. The number of fused-ring (bicyclic) bond motifs is 9. The quantitative estimate of drug-likeness (QED) is 0.171. The Labute approximate surface area is 319 Å². The van der Waals surface area contributed by atoms with Crippen LogP contribution >= 0.6 is 0 Å². The average molecular weight is 702 g/mol. The van der Waals surface area contributed by atoms with Crippen molar-refractivity contribution in [3.05, 3.63) is 187 Å². The molecular formula is C52H35N3.